The molecule has 0 radical (unpaired) electrons. The van der Waals surface area contributed by atoms with Crippen molar-refractivity contribution < 1.29 is 13.9 Å². The number of ether oxygens (including phenoxy) is 1. The third-order valence-electron chi connectivity index (χ3n) is 3.99. The Kier molecular flexibility index (Phi) is 5.09. The first-order chi connectivity index (χ1) is 12.5. The predicted octanol–water partition coefficient (Wildman–Crippen LogP) is 2.48. The number of esters is 1. The normalized spacial score (nSPS) is 11.1. The van der Waals surface area contributed by atoms with E-state index in [1.165, 1.54) is 25.3 Å². The van der Waals surface area contributed by atoms with E-state index < -0.39 is 5.97 Å². The zero-order chi connectivity index (χ0) is 18.7. The van der Waals surface area contributed by atoms with Crippen molar-refractivity contribution in [1.29, 1.82) is 0 Å². The van der Waals surface area contributed by atoms with Crippen LogP contribution < -0.4 is 5.56 Å². The van der Waals surface area contributed by atoms with Crippen LogP contribution in [0, 0.1) is 5.82 Å². The zero-order valence-corrected chi connectivity index (χ0v) is 14.5. The van der Waals surface area contributed by atoms with E-state index in [0.717, 1.165) is 0 Å². The lowest BCUT2D eigenvalue weighted by atomic mass is 10.1. The van der Waals surface area contributed by atoms with Gasteiger partial charge in [-0.05, 0) is 31.3 Å². The Balaban J connectivity index is 1.86. The minimum absolute atomic E-state index is 0.276. The van der Waals surface area contributed by atoms with Crippen molar-refractivity contribution in [2.45, 2.75) is 13.1 Å². The molecule has 0 aliphatic carbocycles. The van der Waals surface area contributed by atoms with E-state index in [0.29, 0.717) is 40.9 Å². The maximum absolute atomic E-state index is 13.8. The van der Waals surface area contributed by atoms with Crippen LogP contribution in [0.4, 0.5) is 4.39 Å². The first-order valence-corrected chi connectivity index (χ1v) is 8.01. The number of carbonyl (C=O) groups excluding carboxylic acids is 1. The van der Waals surface area contributed by atoms with Gasteiger partial charge in [0.05, 0.1) is 30.1 Å². The number of aromatic amines is 1. The largest absolute Gasteiger partial charge is 0.465 e. The molecule has 1 N–H and O–H groups in total. The number of carbonyl (C=O) groups is 1. The Labute approximate surface area is 149 Å². The number of hydrogen-bond donors (Lipinski definition) is 1. The monoisotopic (exact) mass is 355 g/mol. The van der Waals surface area contributed by atoms with Crippen molar-refractivity contribution in [2.75, 3.05) is 14.2 Å². The number of nitrogens with zero attached hydrogens (tertiary/aromatic N) is 2. The SMILES string of the molecule is COC(=O)c1ccc2c(=O)[nH]c(CN(C)Cc3ccccc3F)nc2c1. The third kappa shape index (κ3) is 3.78. The van der Waals surface area contributed by atoms with Crippen molar-refractivity contribution in [2.24, 2.45) is 0 Å². The van der Waals surface area contributed by atoms with Crippen LogP contribution in [0.15, 0.2) is 47.3 Å². The molecule has 6 nitrogen and oxygen atoms in total. The van der Waals surface area contributed by atoms with Gasteiger partial charge in [-0.25, -0.2) is 14.2 Å². The number of methoxy groups -OCH3 is 1. The molecule has 0 amide bonds. The van der Waals surface area contributed by atoms with Gasteiger partial charge in [0.2, 0.25) is 0 Å². The summed E-state index contributed by atoms with van der Waals surface area (Å²) in [5, 5.41) is 0.387. The lowest BCUT2D eigenvalue weighted by Crippen LogP contribution is -2.22. The quantitative estimate of drug-likeness (QED) is 0.712. The van der Waals surface area contributed by atoms with Crippen molar-refractivity contribution in [3.05, 3.63) is 75.6 Å². The van der Waals surface area contributed by atoms with E-state index in [1.54, 1.807) is 24.3 Å². The number of halogens is 1. The summed E-state index contributed by atoms with van der Waals surface area (Å²) in [6.07, 6.45) is 0. The molecule has 134 valence electrons. The Morgan fingerprint density at radius 3 is 2.73 bits per heavy atom. The molecule has 0 saturated heterocycles. The van der Waals surface area contributed by atoms with Crippen LogP contribution in [0.25, 0.3) is 10.9 Å². The van der Waals surface area contributed by atoms with Gasteiger partial charge in [0.25, 0.3) is 5.56 Å². The molecule has 0 fully saturated rings. The first-order valence-electron chi connectivity index (χ1n) is 8.01. The van der Waals surface area contributed by atoms with Crippen molar-refractivity contribution in [3.63, 3.8) is 0 Å². The van der Waals surface area contributed by atoms with Crippen molar-refractivity contribution in [1.82, 2.24) is 14.9 Å². The molecule has 26 heavy (non-hydrogen) atoms. The standard InChI is InChI=1S/C19H18FN3O3/c1-23(10-13-5-3-4-6-15(13)20)11-17-21-16-9-12(19(25)26-2)7-8-14(16)18(24)22-17/h3-9H,10-11H2,1-2H3,(H,21,22,24). The lowest BCUT2D eigenvalue weighted by Gasteiger charge is -2.16. The highest BCUT2D eigenvalue weighted by molar-refractivity contribution is 5.93. The first kappa shape index (κ1) is 17.8. The molecule has 0 spiro atoms. The molecule has 7 heteroatoms. The van der Waals surface area contributed by atoms with Gasteiger partial charge in [0.15, 0.2) is 0 Å². The van der Waals surface area contributed by atoms with Gasteiger partial charge in [-0.3, -0.25) is 9.69 Å². The number of fused-ring (bicyclic) bond motifs is 1. The van der Waals surface area contributed by atoms with E-state index in [-0.39, 0.29) is 11.4 Å². The summed E-state index contributed by atoms with van der Waals surface area (Å²) in [5.41, 5.74) is 1.00. The maximum atomic E-state index is 13.8. The van der Waals surface area contributed by atoms with Gasteiger partial charge in [0.1, 0.15) is 11.6 Å². The molecular formula is C19H18FN3O3. The molecule has 0 saturated carbocycles. The summed E-state index contributed by atoms with van der Waals surface area (Å²) in [7, 11) is 3.10. The average Bonchev–Trinajstić information content (AvgIpc) is 2.62. The average molecular weight is 355 g/mol. The second kappa shape index (κ2) is 7.45. The molecule has 0 aliphatic heterocycles. The van der Waals surface area contributed by atoms with E-state index >= 15 is 0 Å². The lowest BCUT2D eigenvalue weighted by molar-refractivity contribution is 0.0601. The van der Waals surface area contributed by atoms with E-state index in [4.69, 9.17) is 4.74 Å². The molecule has 3 aromatic rings. The fraction of sp³-hybridized carbons (Fsp3) is 0.211. The molecule has 0 aliphatic rings. The number of rotatable bonds is 5. The minimum Gasteiger partial charge on any atom is -0.465 e. The van der Waals surface area contributed by atoms with Gasteiger partial charge >= 0.3 is 5.97 Å². The van der Waals surface area contributed by atoms with Gasteiger partial charge in [-0.15, -0.1) is 0 Å². The van der Waals surface area contributed by atoms with Crippen LogP contribution >= 0.6 is 0 Å². The van der Waals surface area contributed by atoms with Gasteiger partial charge in [-0.1, -0.05) is 18.2 Å². The Hall–Kier alpha value is -3.06. The summed E-state index contributed by atoms with van der Waals surface area (Å²) in [6.45, 7) is 0.693. The highest BCUT2D eigenvalue weighted by Gasteiger charge is 2.12. The summed E-state index contributed by atoms with van der Waals surface area (Å²) < 4.78 is 18.5. The molecule has 1 aromatic heterocycles. The zero-order valence-electron chi connectivity index (χ0n) is 14.5. The van der Waals surface area contributed by atoms with Crippen molar-refractivity contribution >= 4 is 16.9 Å². The number of H-pyrrole nitrogens is 1. The van der Waals surface area contributed by atoms with Crippen LogP contribution in [-0.2, 0) is 17.8 Å². The number of benzene rings is 2. The topological polar surface area (TPSA) is 75.3 Å². The summed E-state index contributed by atoms with van der Waals surface area (Å²) >= 11 is 0. The maximum Gasteiger partial charge on any atom is 0.337 e. The van der Waals surface area contributed by atoms with E-state index in [9.17, 15) is 14.0 Å². The fourth-order valence-electron chi connectivity index (χ4n) is 2.74. The minimum atomic E-state index is -0.493. The van der Waals surface area contributed by atoms with Crippen molar-refractivity contribution in [3.8, 4) is 0 Å². The van der Waals surface area contributed by atoms with Gasteiger partial charge in [0, 0.05) is 12.1 Å². The summed E-state index contributed by atoms with van der Waals surface area (Å²) in [4.78, 5) is 32.9. The molecule has 0 bridgehead atoms. The number of aromatic nitrogens is 2. The predicted molar refractivity (Wildman–Crippen MR) is 95.3 cm³/mol. The molecule has 2 aromatic carbocycles. The second-order valence-corrected chi connectivity index (χ2v) is 6.00. The second-order valence-electron chi connectivity index (χ2n) is 6.00. The highest BCUT2D eigenvalue weighted by atomic mass is 19.1. The summed E-state index contributed by atoms with van der Waals surface area (Å²) in [6, 6.07) is 11.1. The van der Waals surface area contributed by atoms with E-state index in [2.05, 4.69) is 9.97 Å². The van der Waals surface area contributed by atoms with Crippen LogP contribution in [0.5, 0.6) is 0 Å². The number of hydrogen-bond acceptors (Lipinski definition) is 5. The van der Waals surface area contributed by atoms with Gasteiger partial charge in [-0.2, -0.15) is 0 Å². The fourth-order valence-corrected chi connectivity index (χ4v) is 2.74. The van der Waals surface area contributed by atoms with E-state index in [1.807, 2.05) is 11.9 Å². The molecule has 0 unspecified atom stereocenters. The highest BCUT2D eigenvalue weighted by Crippen LogP contribution is 2.13. The van der Waals surface area contributed by atoms with Crippen LogP contribution in [-0.4, -0.2) is 35.0 Å². The Morgan fingerprint density at radius 1 is 1.23 bits per heavy atom. The molecule has 0 atom stereocenters. The van der Waals surface area contributed by atoms with Crippen LogP contribution in [0.1, 0.15) is 21.7 Å². The summed E-state index contributed by atoms with van der Waals surface area (Å²) in [5.74, 6) is -0.336. The smallest absolute Gasteiger partial charge is 0.337 e. The van der Waals surface area contributed by atoms with Crippen LogP contribution in [0.2, 0.25) is 0 Å². The van der Waals surface area contributed by atoms with Gasteiger partial charge < -0.3 is 9.72 Å². The molecular weight excluding hydrogens is 337 g/mol. The van der Waals surface area contributed by atoms with Crippen LogP contribution in [0.3, 0.4) is 0 Å². The molecule has 3 rings (SSSR count). The third-order valence-corrected chi connectivity index (χ3v) is 3.99. The Bertz CT molecular complexity index is 1020. The molecule has 1 heterocycles. The number of nitrogens with one attached hydrogen (secondary N) is 1. The Morgan fingerprint density at radius 2 is 2.00 bits per heavy atom.